The predicted molar refractivity (Wildman–Crippen MR) is 92.8 cm³/mol. The van der Waals surface area contributed by atoms with Crippen molar-refractivity contribution in [3.05, 3.63) is 48.3 Å². The maximum absolute atomic E-state index is 12.9. The van der Waals surface area contributed by atoms with Crippen molar-refractivity contribution >= 4 is 5.91 Å². The van der Waals surface area contributed by atoms with Gasteiger partial charge in [0.2, 0.25) is 0 Å². The Kier molecular flexibility index (Phi) is 5.34. The summed E-state index contributed by atoms with van der Waals surface area (Å²) in [7, 11) is 0. The molecule has 1 fully saturated rings. The number of likely N-dealkylation sites (tertiary alicyclic amines) is 1. The number of amides is 1. The van der Waals surface area contributed by atoms with Gasteiger partial charge >= 0.3 is 0 Å². The molecule has 3 rings (SSSR count). The minimum atomic E-state index is -0.632. The average Bonchev–Trinajstić information content (AvgIpc) is 3.15. The zero-order valence-electron chi connectivity index (χ0n) is 14.3. The normalized spacial score (nSPS) is 18.4. The Hall–Kier alpha value is -2.81. The molecule has 6 nitrogen and oxygen atoms in total. The highest BCUT2D eigenvalue weighted by molar-refractivity contribution is 5.81. The first-order valence-corrected chi connectivity index (χ1v) is 8.62. The monoisotopic (exact) mass is 338 g/mol. The molecule has 0 radical (unpaired) electrons. The number of aromatic nitrogens is 2. The number of carbonyl (C=O) groups excluding carboxylic acids is 1. The van der Waals surface area contributed by atoms with Crippen LogP contribution < -0.4 is 4.74 Å². The first-order valence-electron chi connectivity index (χ1n) is 8.62. The quantitative estimate of drug-likeness (QED) is 0.840. The van der Waals surface area contributed by atoms with E-state index < -0.39 is 6.10 Å². The Morgan fingerprint density at radius 1 is 1.40 bits per heavy atom. The third kappa shape index (κ3) is 4.00. The summed E-state index contributed by atoms with van der Waals surface area (Å²) in [6.45, 7) is 3.18. The molecule has 0 bridgehead atoms. The molecule has 1 amide bonds. The van der Waals surface area contributed by atoms with E-state index in [1.54, 1.807) is 37.4 Å². The Balaban J connectivity index is 1.70. The van der Waals surface area contributed by atoms with Gasteiger partial charge in [0.1, 0.15) is 11.8 Å². The lowest BCUT2D eigenvalue weighted by Crippen LogP contribution is -2.50. The van der Waals surface area contributed by atoms with Crippen LogP contribution in [0.2, 0.25) is 0 Å². The van der Waals surface area contributed by atoms with Crippen LogP contribution in [0, 0.1) is 11.3 Å². The highest BCUT2D eigenvalue weighted by Crippen LogP contribution is 2.22. The van der Waals surface area contributed by atoms with Gasteiger partial charge in [-0.05, 0) is 44.4 Å². The van der Waals surface area contributed by atoms with Crippen LogP contribution in [0.3, 0.4) is 0 Å². The molecular formula is C19H22N4O2. The van der Waals surface area contributed by atoms with E-state index in [-0.39, 0.29) is 11.9 Å². The summed E-state index contributed by atoms with van der Waals surface area (Å²) in [6.07, 6.45) is 6.12. The summed E-state index contributed by atoms with van der Waals surface area (Å²) < 4.78 is 7.67. The Morgan fingerprint density at radius 3 is 3.00 bits per heavy atom. The smallest absolute Gasteiger partial charge is 0.263 e. The van der Waals surface area contributed by atoms with Gasteiger partial charge in [-0.15, -0.1) is 0 Å². The van der Waals surface area contributed by atoms with E-state index in [1.807, 2.05) is 21.8 Å². The third-order valence-corrected chi connectivity index (χ3v) is 4.53. The highest BCUT2D eigenvalue weighted by atomic mass is 16.5. The summed E-state index contributed by atoms with van der Waals surface area (Å²) in [4.78, 5) is 14.8. The van der Waals surface area contributed by atoms with Crippen LogP contribution in [0.4, 0.5) is 0 Å². The lowest BCUT2D eigenvalue weighted by atomic mass is 10.0. The van der Waals surface area contributed by atoms with Gasteiger partial charge in [-0.3, -0.25) is 9.48 Å². The van der Waals surface area contributed by atoms with Gasteiger partial charge in [-0.25, -0.2) is 0 Å². The Labute approximate surface area is 147 Å². The second-order valence-electron chi connectivity index (χ2n) is 6.28. The Bertz CT molecular complexity index is 751. The Morgan fingerprint density at radius 2 is 2.24 bits per heavy atom. The highest BCUT2D eigenvalue weighted by Gasteiger charge is 2.31. The number of carbonyl (C=O) groups is 1. The van der Waals surface area contributed by atoms with E-state index in [0.29, 0.717) is 17.9 Å². The molecule has 0 saturated carbocycles. The summed E-state index contributed by atoms with van der Waals surface area (Å²) in [5.74, 6) is 0.413. The van der Waals surface area contributed by atoms with Crippen LogP contribution in [-0.2, 0) is 11.3 Å². The largest absolute Gasteiger partial charge is 0.480 e. The SMILES string of the molecule is C[C@@H](Oc1ccccc1C#N)C(=O)N1CCCC[C@@H]1Cn1cccn1. The van der Waals surface area contributed by atoms with Gasteiger partial charge in [-0.2, -0.15) is 10.4 Å². The number of benzene rings is 1. The molecule has 2 heterocycles. The van der Waals surface area contributed by atoms with Crippen molar-refractivity contribution in [1.29, 1.82) is 5.26 Å². The minimum absolute atomic E-state index is 0.0374. The second kappa shape index (κ2) is 7.84. The average molecular weight is 338 g/mol. The number of para-hydroxylation sites is 1. The summed E-state index contributed by atoms with van der Waals surface area (Å²) in [6, 6.07) is 11.1. The molecule has 0 aliphatic carbocycles. The fourth-order valence-corrected chi connectivity index (χ4v) is 3.24. The third-order valence-electron chi connectivity index (χ3n) is 4.53. The molecule has 1 aliphatic rings. The summed E-state index contributed by atoms with van der Waals surface area (Å²) in [5.41, 5.74) is 0.439. The molecule has 1 aliphatic heterocycles. The van der Waals surface area contributed by atoms with Gasteiger partial charge in [0, 0.05) is 18.9 Å². The maximum atomic E-state index is 12.9. The van der Waals surface area contributed by atoms with Crippen molar-refractivity contribution in [2.45, 2.75) is 44.9 Å². The lowest BCUT2D eigenvalue weighted by molar-refractivity contribution is -0.142. The molecule has 0 unspecified atom stereocenters. The topological polar surface area (TPSA) is 71.2 Å². The fourth-order valence-electron chi connectivity index (χ4n) is 3.24. The summed E-state index contributed by atoms with van der Waals surface area (Å²) >= 11 is 0. The van der Waals surface area contributed by atoms with Crippen LogP contribution in [-0.4, -0.2) is 39.3 Å². The van der Waals surface area contributed by atoms with E-state index in [2.05, 4.69) is 11.2 Å². The number of piperidine rings is 1. The number of rotatable bonds is 5. The van der Waals surface area contributed by atoms with E-state index in [0.717, 1.165) is 25.8 Å². The first kappa shape index (κ1) is 17.0. The fraction of sp³-hybridized carbons (Fsp3) is 0.421. The number of nitriles is 1. The van der Waals surface area contributed by atoms with Crippen molar-refractivity contribution < 1.29 is 9.53 Å². The van der Waals surface area contributed by atoms with E-state index in [4.69, 9.17) is 10.00 Å². The van der Waals surface area contributed by atoms with Gasteiger partial charge in [0.25, 0.3) is 5.91 Å². The molecule has 2 aromatic rings. The van der Waals surface area contributed by atoms with Gasteiger partial charge in [0.15, 0.2) is 6.10 Å². The molecule has 130 valence electrons. The van der Waals surface area contributed by atoms with Crippen LogP contribution >= 0.6 is 0 Å². The van der Waals surface area contributed by atoms with Gasteiger partial charge in [-0.1, -0.05) is 12.1 Å². The predicted octanol–water partition coefficient (Wildman–Crippen LogP) is 2.60. The molecule has 2 atom stereocenters. The second-order valence-corrected chi connectivity index (χ2v) is 6.28. The standard InChI is InChI=1S/C19H22N4O2/c1-15(25-18-9-3-2-7-16(18)13-20)19(24)23-12-5-4-8-17(23)14-22-11-6-10-21-22/h2-3,6-7,9-11,15,17H,4-5,8,12,14H2,1H3/t15-,17-/m1/s1. The van der Waals surface area contributed by atoms with Gasteiger partial charge in [0.05, 0.1) is 18.2 Å². The number of ether oxygens (including phenoxy) is 1. The van der Waals surface area contributed by atoms with Gasteiger partial charge < -0.3 is 9.64 Å². The van der Waals surface area contributed by atoms with Crippen LogP contribution in [0.1, 0.15) is 31.7 Å². The van der Waals surface area contributed by atoms with Crippen LogP contribution in [0.5, 0.6) is 5.75 Å². The molecule has 0 spiro atoms. The van der Waals surface area contributed by atoms with Crippen LogP contribution in [0.25, 0.3) is 0 Å². The lowest BCUT2D eigenvalue weighted by Gasteiger charge is -2.37. The van der Waals surface area contributed by atoms with E-state index in [1.165, 1.54) is 0 Å². The first-order chi connectivity index (χ1) is 12.2. The molecular weight excluding hydrogens is 316 g/mol. The van der Waals surface area contributed by atoms with Crippen molar-refractivity contribution in [2.24, 2.45) is 0 Å². The van der Waals surface area contributed by atoms with Crippen molar-refractivity contribution in [3.8, 4) is 11.8 Å². The van der Waals surface area contributed by atoms with Crippen molar-refractivity contribution in [1.82, 2.24) is 14.7 Å². The van der Waals surface area contributed by atoms with E-state index in [9.17, 15) is 4.79 Å². The summed E-state index contributed by atoms with van der Waals surface area (Å²) in [5, 5.41) is 13.4. The number of nitrogens with zero attached hydrogens (tertiary/aromatic N) is 4. The van der Waals surface area contributed by atoms with Crippen molar-refractivity contribution in [2.75, 3.05) is 6.54 Å². The molecule has 0 N–H and O–H groups in total. The number of hydrogen-bond acceptors (Lipinski definition) is 4. The van der Waals surface area contributed by atoms with E-state index >= 15 is 0 Å². The van der Waals surface area contributed by atoms with Crippen LogP contribution in [0.15, 0.2) is 42.7 Å². The zero-order chi connectivity index (χ0) is 17.6. The molecule has 25 heavy (non-hydrogen) atoms. The maximum Gasteiger partial charge on any atom is 0.263 e. The molecule has 1 saturated heterocycles. The molecule has 1 aromatic carbocycles. The number of hydrogen-bond donors (Lipinski definition) is 0. The molecule has 6 heteroatoms. The zero-order valence-corrected chi connectivity index (χ0v) is 14.3. The molecule has 1 aromatic heterocycles. The van der Waals surface area contributed by atoms with Crippen molar-refractivity contribution in [3.63, 3.8) is 0 Å². The minimum Gasteiger partial charge on any atom is -0.480 e.